The molecule has 0 aromatic rings. The number of carboxylic acids is 1. The molecular formula is C27H48O4. The predicted molar refractivity (Wildman–Crippen MR) is 130 cm³/mol. The van der Waals surface area contributed by atoms with Gasteiger partial charge in [0.25, 0.3) is 0 Å². The zero-order valence-corrected chi connectivity index (χ0v) is 20.1. The van der Waals surface area contributed by atoms with Crippen LogP contribution in [0, 0.1) is 5.92 Å². The van der Waals surface area contributed by atoms with E-state index in [0.29, 0.717) is 6.42 Å². The third-order valence-electron chi connectivity index (χ3n) is 5.69. The molecule has 0 amide bonds. The highest BCUT2D eigenvalue weighted by molar-refractivity contribution is 5.78. The Morgan fingerprint density at radius 2 is 1.29 bits per heavy atom. The Hall–Kier alpha value is -1.58. The van der Waals surface area contributed by atoms with Crippen molar-refractivity contribution >= 4 is 11.9 Å². The molecule has 0 heterocycles. The number of allylic oxidation sites excluding steroid dienone is 2. The van der Waals surface area contributed by atoms with Gasteiger partial charge in [-0.1, -0.05) is 109 Å². The van der Waals surface area contributed by atoms with Gasteiger partial charge in [-0.25, -0.2) is 0 Å². The van der Waals surface area contributed by atoms with Crippen LogP contribution in [0.4, 0.5) is 0 Å². The Bertz CT molecular complexity index is 470. The number of carboxylic acid groups (broad SMARTS) is 1. The van der Waals surface area contributed by atoms with E-state index >= 15 is 0 Å². The third-order valence-corrected chi connectivity index (χ3v) is 5.69. The Labute approximate surface area is 191 Å². The minimum Gasteiger partial charge on any atom is -0.481 e. The van der Waals surface area contributed by atoms with Crippen LogP contribution in [0.3, 0.4) is 0 Å². The number of hydrogen-bond donors (Lipinski definition) is 1. The molecule has 0 radical (unpaired) electrons. The monoisotopic (exact) mass is 436 g/mol. The molecule has 0 saturated carbocycles. The first kappa shape index (κ1) is 29.4. The quantitative estimate of drug-likeness (QED) is 0.100. The van der Waals surface area contributed by atoms with E-state index in [4.69, 9.17) is 4.74 Å². The lowest BCUT2D eigenvalue weighted by atomic mass is 9.98. The molecule has 0 aliphatic heterocycles. The zero-order valence-electron chi connectivity index (χ0n) is 20.1. The Kier molecular flexibility index (Phi) is 21.9. The number of carbonyl (C=O) groups is 2. The van der Waals surface area contributed by atoms with Crippen LogP contribution in [0.25, 0.3) is 0 Å². The van der Waals surface area contributed by atoms with Crippen LogP contribution in [0.1, 0.15) is 122 Å². The molecule has 31 heavy (non-hydrogen) atoms. The summed E-state index contributed by atoms with van der Waals surface area (Å²) in [6.07, 6.45) is 26.8. The van der Waals surface area contributed by atoms with Crippen LogP contribution in [0.2, 0.25) is 0 Å². The number of rotatable bonds is 23. The van der Waals surface area contributed by atoms with Crippen LogP contribution >= 0.6 is 0 Å². The number of unbranched alkanes of at least 4 members (excludes halogenated alkanes) is 14. The van der Waals surface area contributed by atoms with Gasteiger partial charge in [-0.05, 0) is 32.1 Å². The van der Waals surface area contributed by atoms with Gasteiger partial charge in [-0.2, -0.15) is 0 Å². The Balaban J connectivity index is 3.49. The SMILES string of the molecule is C=CCOC(=O)CC(CCCC/C=C/CCCCCCCCCCCCCC)C(=O)O. The summed E-state index contributed by atoms with van der Waals surface area (Å²) in [6.45, 7) is 5.88. The predicted octanol–water partition coefficient (Wildman–Crippen LogP) is 8.01. The molecule has 0 aliphatic carbocycles. The fourth-order valence-electron chi connectivity index (χ4n) is 3.72. The number of aliphatic carboxylic acids is 1. The number of esters is 1. The normalized spacial score (nSPS) is 12.2. The molecule has 0 fully saturated rings. The third kappa shape index (κ3) is 21.4. The summed E-state index contributed by atoms with van der Waals surface area (Å²) in [5, 5.41) is 9.25. The summed E-state index contributed by atoms with van der Waals surface area (Å²) in [7, 11) is 0. The van der Waals surface area contributed by atoms with Gasteiger partial charge in [-0.15, -0.1) is 0 Å². The van der Waals surface area contributed by atoms with E-state index in [0.717, 1.165) is 25.7 Å². The lowest BCUT2D eigenvalue weighted by molar-refractivity contribution is -0.151. The average Bonchev–Trinajstić information content (AvgIpc) is 2.75. The molecule has 0 aromatic heterocycles. The maximum atomic E-state index is 11.6. The maximum Gasteiger partial charge on any atom is 0.307 e. The van der Waals surface area contributed by atoms with Crippen molar-refractivity contribution in [3.63, 3.8) is 0 Å². The smallest absolute Gasteiger partial charge is 0.307 e. The van der Waals surface area contributed by atoms with Crippen molar-refractivity contribution in [2.24, 2.45) is 5.92 Å². The lowest BCUT2D eigenvalue weighted by Gasteiger charge is -2.11. The lowest BCUT2D eigenvalue weighted by Crippen LogP contribution is -2.19. The second kappa shape index (κ2) is 23.1. The van der Waals surface area contributed by atoms with Crippen LogP contribution in [-0.4, -0.2) is 23.7 Å². The van der Waals surface area contributed by atoms with Crippen molar-refractivity contribution in [3.8, 4) is 0 Å². The minimum atomic E-state index is -0.918. The molecule has 0 rings (SSSR count). The Morgan fingerprint density at radius 1 is 0.806 bits per heavy atom. The second-order valence-corrected chi connectivity index (χ2v) is 8.64. The highest BCUT2D eigenvalue weighted by atomic mass is 16.5. The fraction of sp³-hybridized carbons (Fsp3) is 0.778. The summed E-state index contributed by atoms with van der Waals surface area (Å²) in [5.74, 6) is -2.03. The summed E-state index contributed by atoms with van der Waals surface area (Å²) < 4.78 is 4.88. The van der Waals surface area contributed by atoms with E-state index in [9.17, 15) is 14.7 Å². The van der Waals surface area contributed by atoms with Gasteiger partial charge in [0.2, 0.25) is 0 Å². The van der Waals surface area contributed by atoms with Crippen molar-refractivity contribution in [2.45, 2.75) is 122 Å². The van der Waals surface area contributed by atoms with Gasteiger partial charge in [0, 0.05) is 0 Å². The fourth-order valence-corrected chi connectivity index (χ4v) is 3.72. The number of hydrogen-bond acceptors (Lipinski definition) is 3. The molecule has 0 aliphatic rings. The van der Waals surface area contributed by atoms with Crippen molar-refractivity contribution < 1.29 is 19.4 Å². The largest absolute Gasteiger partial charge is 0.481 e. The molecule has 1 unspecified atom stereocenters. The van der Waals surface area contributed by atoms with E-state index < -0.39 is 17.9 Å². The average molecular weight is 437 g/mol. The molecule has 180 valence electrons. The van der Waals surface area contributed by atoms with E-state index in [2.05, 4.69) is 25.7 Å². The highest BCUT2D eigenvalue weighted by Gasteiger charge is 2.21. The van der Waals surface area contributed by atoms with E-state index in [1.807, 2.05) is 0 Å². The van der Waals surface area contributed by atoms with Gasteiger partial charge in [0.05, 0.1) is 12.3 Å². The van der Waals surface area contributed by atoms with Gasteiger partial charge in [0.1, 0.15) is 6.61 Å². The first-order valence-electron chi connectivity index (χ1n) is 12.8. The van der Waals surface area contributed by atoms with Gasteiger partial charge < -0.3 is 9.84 Å². The number of ether oxygens (including phenoxy) is 1. The molecule has 1 atom stereocenters. The first-order valence-corrected chi connectivity index (χ1v) is 12.8. The molecular weight excluding hydrogens is 388 g/mol. The van der Waals surface area contributed by atoms with Gasteiger partial charge in [-0.3, -0.25) is 9.59 Å². The maximum absolute atomic E-state index is 11.6. The van der Waals surface area contributed by atoms with Crippen molar-refractivity contribution in [1.82, 2.24) is 0 Å². The topological polar surface area (TPSA) is 63.6 Å². The van der Waals surface area contributed by atoms with Crippen LogP contribution in [0.15, 0.2) is 24.8 Å². The molecule has 0 bridgehead atoms. The van der Waals surface area contributed by atoms with E-state index in [1.54, 1.807) is 0 Å². The highest BCUT2D eigenvalue weighted by Crippen LogP contribution is 2.16. The first-order chi connectivity index (χ1) is 15.1. The van der Waals surface area contributed by atoms with Crippen LogP contribution in [0.5, 0.6) is 0 Å². The van der Waals surface area contributed by atoms with Crippen LogP contribution < -0.4 is 0 Å². The zero-order chi connectivity index (χ0) is 23.0. The molecule has 0 saturated heterocycles. The molecule has 4 nitrogen and oxygen atoms in total. The molecule has 0 spiro atoms. The standard InChI is InChI=1S/C27H48O4/c1-3-5-6-7-8-9-10-11-12-13-14-15-16-17-18-19-20-21-22-25(27(29)30)24-26(28)31-23-4-2/h4,17-18,25H,2-3,5-16,19-24H2,1H3,(H,29,30)/b18-17+. The van der Waals surface area contributed by atoms with Crippen molar-refractivity contribution in [1.29, 1.82) is 0 Å². The second-order valence-electron chi connectivity index (χ2n) is 8.64. The minimum absolute atomic E-state index is 0.0576. The van der Waals surface area contributed by atoms with Crippen molar-refractivity contribution in [2.75, 3.05) is 6.61 Å². The van der Waals surface area contributed by atoms with Gasteiger partial charge in [0.15, 0.2) is 0 Å². The van der Waals surface area contributed by atoms with E-state index in [1.165, 1.54) is 83.1 Å². The molecule has 1 N–H and O–H groups in total. The van der Waals surface area contributed by atoms with Crippen molar-refractivity contribution in [3.05, 3.63) is 24.8 Å². The summed E-state index contributed by atoms with van der Waals surface area (Å²) >= 11 is 0. The summed E-state index contributed by atoms with van der Waals surface area (Å²) in [5.41, 5.74) is 0. The van der Waals surface area contributed by atoms with Crippen LogP contribution in [-0.2, 0) is 14.3 Å². The molecule has 4 heteroatoms. The summed E-state index contributed by atoms with van der Waals surface area (Å²) in [4.78, 5) is 22.8. The number of carbonyl (C=O) groups excluding carboxylic acids is 1. The summed E-state index contributed by atoms with van der Waals surface area (Å²) in [6, 6.07) is 0. The van der Waals surface area contributed by atoms with E-state index in [-0.39, 0.29) is 13.0 Å². The van der Waals surface area contributed by atoms with Gasteiger partial charge >= 0.3 is 11.9 Å². The Morgan fingerprint density at radius 3 is 1.77 bits per heavy atom. The molecule has 0 aromatic carbocycles.